The number of halogens is 1. The Balaban J connectivity index is 1.68. The Labute approximate surface area is 162 Å². The van der Waals surface area contributed by atoms with E-state index >= 15 is 4.39 Å². The Bertz CT molecular complexity index is 950. The Kier molecular flexibility index (Phi) is 5.19. The fraction of sp³-hybridized carbons (Fsp3) is 0.381. The number of nitrogens with zero attached hydrogens (tertiary/aromatic N) is 2. The van der Waals surface area contributed by atoms with Crippen LogP contribution < -0.4 is 10.2 Å². The van der Waals surface area contributed by atoms with Crippen LogP contribution in [0, 0.1) is 5.82 Å². The van der Waals surface area contributed by atoms with E-state index in [1.807, 2.05) is 49.1 Å². The molecule has 6 nitrogen and oxygen atoms in total. The SMILES string of the molecule is CC1CN(c2c(CO)cc3c(NCc4ccccc4)noc3c2F)CC(C)O1. The average molecular weight is 385 g/mol. The third kappa shape index (κ3) is 3.55. The fourth-order valence-electron chi connectivity index (χ4n) is 3.81. The van der Waals surface area contributed by atoms with Crippen LogP contribution in [-0.4, -0.2) is 35.6 Å². The number of hydrogen-bond acceptors (Lipinski definition) is 6. The summed E-state index contributed by atoms with van der Waals surface area (Å²) in [6.07, 6.45) is -0.0496. The summed E-state index contributed by atoms with van der Waals surface area (Å²) in [5.41, 5.74) is 2.05. The molecule has 0 bridgehead atoms. The normalized spacial score (nSPS) is 19.9. The molecule has 2 aromatic carbocycles. The molecule has 0 amide bonds. The van der Waals surface area contributed by atoms with Crippen molar-refractivity contribution in [2.45, 2.75) is 39.2 Å². The quantitative estimate of drug-likeness (QED) is 0.698. The summed E-state index contributed by atoms with van der Waals surface area (Å²) in [5, 5.41) is 17.6. The summed E-state index contributed by atoms with van der Waals surface area (Å²) < 4.78 is 26.4. The molecule has 7 heteroatoms. The number of aliphatic hydroxyl groups excluding tert-OH is 1. The van der Waals surface area contributed by atoms with Crippen LogP contribution in [0.15, 0.2) is 40.9 Å². The first-order valence-corrected chi connectivity index (χ1v) is 9.46. The minimum absolute atomic E-state index is 0.0248. The van der Waals surface area contributed by atoms with E-state index in [2.05, 4.69) is 10.5 Å². The van der Waals surface area contributed by atoms with Crippen molar-refractivity contribution in [1.29, 1.82) is 0 Å². The number of ether oxygens (including phenoxy) is 1. The minimum Gasteiger partial charge on any atom is -0.392 e. The van der Waals surface area contributed by atoms with Crippen molar-refractivity contribution < 1.29 is 18.8 Å². The molecule has 3 aromatic rings. The van der Waals surface area contributed by atoms with Gasteiger partial charge in [0.25, 0.3) is 0 Å². The first-order valence-electron chi connectivity index (χ1n) is 9.46. The van der Waals surface area contributed by atoms with Crippen LogP contribution in [0.3, 0.4) is 0 Å². The lowest BCUT2D eigenvalue weighted by atomic mass is 10.1. The van der Waals surface area contributed by atoms with Crippen LogP contribution in [0.1, 0.15) is 25.0 Å². The van der Waals surface area contributed by atoms with Gasteiger partial charge in [-0.15, -0.1) is 0 Å². The number of aromatic nitrogens is 1. The molecule has 0 aliphatic carbocycles. The van der Waals surface area contributed by atoms with Crippen LogP contribution >= 0.6 is 0 Å². The summed E-state index contributed by atoms with van der Waals surface area (Å²) in [4.78, 5) is 1.92. The molecule has 2 unspecified atom stereocenters. The third-order valence-electron chi connectivity index (χ3n) is 4.97. The van der Waals surface area contributed by atoms with Crippen molar-refractivity contribution in [2.24, 2.45) is 0 Å². The van der Waals surface area contributed by atoms with Crippen molar-refractivity contribution in [3.05, 3.63) is 53.3 Å². The largest absolute Gasteiger partial charge is 0.392 e. The molecule has 1 aromatic heterocycles. The maximum absolute atomic E-state index is 15.4. The number of fused-ring (bicyclic) bond motifs is 1. The number of anilines is 2. The second-order valence-electron chi connectivity index (χ2n) is 7.27. The topological polar surface area (TPSA) is 70.8 Å². The zero-order chi connectivity index (χ0) is 19.7. The van der Waals surface area contributed by atoms with Gasteiger partial charge in [-0.1, -0.05) is 35.5 Å². The van der Waals surface area contributed by atoms with Crippen molar-refractivity contribution in [2.75, 3.05) is 23.3 Å². The number of aliphatic hydroxyl groups is 1. The third-order valence-corrected chi connectivity index (χ3v) is 4.97. The zero-order valence-corrected chi connectivity index (χ0v) is 16.0. The summed E-state index contributed by atoms with van der Waals surface area (Å²) in [5.74, 6) is -0.0363. The lowest BCUT2D eigenvalue weighted by Gasteiger charge is -2.37. The number of nitrogens with one attached hydrogen (secondary N) is 1. The van der Waals surface area contributed by atoms with Crippen molar-refractivity contribution in [3.63, 3.8) is 0 Å². The highest BCUT2D eigenvalue weighted by Crippen LogP contribution is 2.36. The van der Waals surface area contributed by atoms with Gasteiger partial charge < -0.3 is 24.6 Å². The molecule has 1 aliphatic rings. The van der Waals surface area contributed by atoms with E-state index in [-0.39, 0.29) is 24.4 Å². The molecule has 1 aliphatic heterocycles. The fourth-order valence-corrected chi connectivity index (χ4v) is 3.81. The molecule has 1 fully saturated rings. The molecule has 2 atom stereocenters. The molecule has 0 radical (unpaired) electrons. The van der Waals surface area contributed by atoms with Crippen LogP contribution in [0.2, 0.25) is 0 Å². The molecule has 4 rings (SSSR count). The molecular weight excluding hydrogens is 361 g/mol. The highest BCUT2D eigenvalue weighted by molar-refractivity contribution is 5.92. The highest BCUT2D eigenvalue weighted by Gasteiger charge is 2.29. The van der Waals surface area contributed by atoms with E-state index in [4.69, 9.17) is 9.26 Å². The van der Waals surface area contributed by atoms with E-state index in [1.165, 1.54) is 0 Å². The smallest absolute Gasteiger partial charge is 0.206 e. The minimum atomic E-state index is -0.497. The van der Waals surface area contributed by atoms with Gasteiger partial charge in [-0.3, -0.25) is 0 Å². The van der Waals surface area contributed by atoms with E-state index in [0.29, 0.717) is 42.1 Å². The van der Waals surface area contributed by atoms with E-state index in [1.54, 1.807) is 6.07 Å². The Morgan fingerprint density at radius 3 is 2.61 bits per heavy atom. The van der Waals surface area contributed by atoms with Crippen LogP contribution in [-0.2, 0) is 17.9 Å². The Morgan fingerprint density at radius 2 is 1.93 bits per heavy atom. The Morgan fingerprint density at radius 1 is 1.21 bits per heavy atom. The van der Waals surface area contributed by atoms with Gasteiger partial charge in [0, 0.05) is 25.2 Å². The van der Waals surface area contributed by atoms with Crippen LogP contribution in [0.5, 0.6) is 0 Å². The van der Waals surface area contributed by atoms with Gasteiger partial charge in [0.15, 0.2) is 11.6 Å². The van der Waals surface area contributed by atoms with Crippen molar-refractivity contribution in [3.8, 4) is 0 Å². The molecule has 1 saturated heterocycles. The number of morpholine rings is 1. The standard InChI is InChI=1S/C21H24FN3O3/c1-13-10-25(11-14(2)27-13)19-16(12-26)8-17-20(18(19)22)28-24-21(17)23-9-15-6-4-3-5-7-15/h3-8,13-14,26H,9-12H2,1-2H3,(H,23,24). The monoisotopic (exact) mass is 385 g/mol. The maximum atomic E-state index is 15.4. The van der Waals surface area contributed by atoms with E-state index in [0.717, 1.165) is 5.56 Å². The van der Waals surface area contributed by atoms with Gasteiger partial charge in [-0.25, -0.2) is 4.39 Å². The van der Waals surface area contributed by atoms with Gasteiger partial charge in [0.1, 0.15) is 0 Å². The summed E-state index contributed by atoms with van der Waals surface area (Å²) >= 11 is 0. The lowest BCUT2D eigenvalue weighted by Crippen LogP contribution is -2.46. The first kappa shape index (κ1) is 18.7. The van der Waals surface area contributed by atoms with Gasteiger partial charge in [0.2, 0.25) is 5.58 Å². The first-order chi connectivity index (χ1) is 13.6. The van der Waals surface area contributed by atoms with Gasteiger partial charge in [-0.2, -0.15) is 0 Å². The molecular formula is C21H24FN3O3. The second-order valence-corrected chi connectivity index (χ2v) is 7.27. The zero-order valence-electron chi connectivity index (χ0n) is 16.0. The summed E-state index contributed by atoms with van der Waals surface area (Å²) in [7, 11) is 0. The summed E-state index contributed by atoms with van der Waals surface area (Å²) in [6.45, 7) is 5.28. The van der Waals surface area contributed by atoms with E-state index < -0.39 is 5.82 Å². The summed E-state index contributed by atoms with van der Waals surface area (Å²) in [6, 6.07) is 11.6. The number of hydrogen-bond donors (Lipinski definition) is 2. The van der Waals surface area contributed by atoms with E-state index in [9.17, 15) is 5.11 Å². The highest BCUT2D eigenvalue weighted by atomic mass is 19.1. The molecule has 0 spiro atoms. The molecule has 28 heavy (non-hydrogen) atoms. The van der Waals surface area contributed by atoms with Gasteiger partial charge >= 0.3 is 0 Å². The van der Waals surface area contributed by atoms with Gasteiger partial charge in [0.05, 0.1) is 29.9 Å². The number of rotatable bonds is 5. The van der Waals surface area contributed by atoms with Crippen LogP contribution in [0.4, 0.5) is 15.9 Å². The Hall–Kier alpha value is -2.64. The predicted molar refractivity (Wildman–Crippen MR) is 106 cm³/mol. The van der Waals surface area contributed by atoms with Crippen molar-refractivity contribution >= 4 is 22.5 Å². The van der Waals surface area contributed by atoms with Crippen molar-refractivity contribution in [1.82, 2.24) is 5.16 Å². The molecule has 2 heterocycles. The van der Waals surface area contributed by atoms with Gasteiger partial charge in [-0.05, 0) is 25.5 Å². The number of benzene rings is 2. The molecule has 0 saturated carbocycles. The average Bonchev–Trinajstić information content (AvgIpc) is 3.09. The van der Waals surface area contributed by atoms with Crippen LogP contribution in [0.25, 0.3) is 11.0 Å². The predicted octanol–water partition coefficient (Wildman–Crippen LogP) is 3.68. The second kappa shape index (κ2) is 7.77. The lowest BCUT2D eigenvalue weighted by molar-refractivity contribution is -0.00549. The molecule has 148 valence electrons. The maximum Gasteiger partial charge on any atom is 0.206 e. The molecule has 2 N–H and O–H groups in total.